The number of ether oxygens (including phenoxy) is 3. The van der Waals surface area contributed by atoms with Gasteiger partial charge < -0.3 is 19.2 Å². The fourth-order valence-corrected chi connectivity index (χ4v) is 3.58. The predicted molar refractivity (Wildman–Crippen MR) is 111 cm³/mol. The quantitative estimate of drug-likeness (QED) is 0.327. The molecule has 0 atom stereocenters. The minimum atomic E-state index is -0.612. The van der Waals surface area contributed by atoms with E-state index in [1.165, 1.54) is 6.08 Å². The molecule has 1 aromatic heterocycles. The van der Waals surface area contributed by atoms with Crippen LogP contribution < -0.4 is 9.47 Å². The third-order valence-corrected chi connectivity index (χ3v) is 4.86. The number of Topliss-reactive ketones (excluding diaryl/α,β-unsaturated/α-hetero) is 1. The van der Waals surface area contributed by atoms with Gasteiger partial charge >= 0.3 is 5.97 Å². The molecule has 0 unspecified atom stereocenters. The monoisotopic (exact) mass is 428 g/mol. The van der Waals surface area contributed by atoms with Crippen LogP contribution in [0.15, 0.2) is 17.7 Å². The van der Waals surface area contributed by atoms with Gasteiger partial charge in [-0.1, -0.05) is 11.6 Å². The largest absolute Gasteiger partial charge is 0.489 e. The summed E-state index contributed by atoms with van der Waals surface area (Å²) in [7, 11) is 0. The number of H-pyrrole nitrogens is 1. The smallest absolute Gasteiger partial charge is 0.340 e. The van der Waals surface area contributed by atoms with Crippen molar-refractivity contribution in [1.29, 1.82) is 5.26 Å². The standard InChI is InChI=1S/C22H21ClN2O5/c1-4-28-22(27)19-13(3)25-12(2)18(19)20(26)15(11-24)8-14-9-16(23)21-17(10-14)29-6-5-7-30-21/h8-10,25H,4-7H2,1-3H3/b15-8+. The molecule has 1 aromatic carbocycles. The molecule has 0 saturated heterocycles. The second-order valence-electron chi connectivity index (χ2n) is 6.72. The number of fused-ring (bicyclic) bond motifs is 1. The highest BCUT2D eigenvalue weighted by Gasteiger charge is 2.27. The number of benzene rings is 1. The van der Waals surface area contributed by atoms with Crippen molar-refractivity contribution in [3.8, 4) is 17.6 Å². The van der Waals surface area contributed by atoms with Gasteiger partial charge in [0.25, 0.3) is 0 Å². The molecule has 7 nitrogen and oxygen atoms in total. The number of aryl methyl sites for hydroxylation is 2. The number of hydrogen-bond acceptors (Lipinski definition) is 6. The summed E-state index contributed by atoms with van der Waals surface area (Å²) in [4.78, 5) is 28.5. The Bertz CT molecular complexity index is 1080. The number of rotatable bonds is 5. The van der Waals surface area contributed by atoms with Crippen LogP contribution in [0.2, 0.25) is 5.02 Å². The normalized spacial score (nSPS) is 13.4. The van der Waals surface area contributed by atoms with Crippen molar-refractivity contribution in [3.63, 3.8) is 0 Å². The van der Waals surface area contributed by atoms with E-state index in [2.05, 4.69) is 4.98 Å². The Morgan fingerprint density at radius 3 is 2.63 bits per heavy atom. The summed E-state index contributed by atoms with van der Waals surface area (Å²) >= 11 is 6.30. The third kappa shape index (κ3) is 4.19. The molecule has 30 heavy (non-hydrogen) atoms. The maximum atomic E-state index is 13.2. The maximum absolute atomic E-state index is 13.2. The second-order valence-corrected chi connectivity index (χ2v) is 7.13. The zero-order valence-corrected chi connectivity index (χ0v) is 17.7. The summed E-state index contributed by atoms with van der Waals surface area (Å²) in [5.41, 5.74) is 1.62. The fourth-order valence-electron chi connectivity index (χ4n) is 3.31. The van der Waals surface area contributed by atoms with E-state index in [1.807, 2.05) is 6.07 Å². The van der Waals surface area contributed by atoms with Crippen molar-refractivity contribution >= 4 is 29.4 Å². The van der Waals surface area contributed by atoms with Gasteiger partial charge in [0.1, 0.15) is 11.6 Å². The maximum Gasteiger partial charge on any atom is 0.340 e. The van der Waals surface area contributed by atoms with Crippen molar-refractivity contribution in [2.45, 2.75) is 27.2 Å². The third-order valence-electron chi connectivity index (χ3n) is 4.58. The molecule has 2 aromatic rings. The first kappa shape index (κ1) is 21.5. The molecule has 0 saturated carbocycles. The van der Waals surface area contributed by atoms with E-state index in [1.54, 1.807) is 32.9 Å². The highest BCUT2D eigenvalue weighted by Crippen LogP contribution is 2.38. The number of ketones is 1. The number of carbonyl (C=O) groups is 2. The lowest BCUT2D eigenvalue weighted by molar-refractivity contribution is 0.0523. The number of nitrogens with one attached hydrogen (secondary N) is 1. The lowest BCUT2D eigenvalue weighted by Gasteiger charge is -2.10. The van der Waals surface area contributed by atoms with E-state index in [0.717, 1.165) is 6.42 Å². The van der Waals surface area contributed by atoms with Crippen LogP contribution >= 0.6 is 11.6 Å². The van der Waals surface area contributed by atoms with Crippen molar-refractivity contribution in [3.05, 3.63) is 50.8 Å². The van der Waals surface area contributed by atoms with Crippen molar-refractivity contribution in [1.82, 2.24) is 4.98 Å². The Hall–Kier alpha value is -3.24. The highest BCUT2D eigenvalue weighted by molar-refractivity contribution is 6.32. The molecule has 0 bridgehead atoms. The topological polar surface area (TPSA) is 101 Å². The van der Waals surface area contributed by atoms with E-state index < -0.39 is 11.8 Å². The lowest BCUT2D eigenvalue weighted by Crippen LogP contribution is -2.13. The number of esters is 1. The van der Waals surface area contributed by atoms with Gasteiger partial charge in [0.2, 0.25) is 5.78 Å². The molecule has 0 radical (unpaired) electrons. The molecule has 1 N–H and O–H groups in total. The minimum Gasteiger partial charge on any atom is -0.489 e. The summed E-state index contributed by atoms with van der Waals surface area (Å²) in [5, 5.41) is 9.97. The van der Waals surface area contributed by atoms with Crippen LogP contribution in [0, 0.1) is 25.2 Å². The molecular weight excluding hydrogens is 408 g/mol. The molecular formula is C22H21ClN2O5. The first-order valence-electron chi connectivity index (χ1n) is 9.49. The molecule has 0 spiro atoms. The molecule has 2 heterocycles. The van der Waals surface area contributed by atoms with Crippen LogP contribution in [-0.4, -0.2) is 36.6 Å². The van der Waals surface area contributed by atoms with Gasteiger partial charge in [0.15, 0.2) is 11.5 Å². The number of halogens is 1. The molecule has 8 heteroatoms. The predicted octanol–water partition coefficient (Wildman–Crippen LogP) is 4.41. The van der Waals surface area contributed by atoms with Crippen LogP contribution in [0.4, 0.5) is 0 Å². The zero-order valence-electron chi connectivity index (χ0n) is 16.9. The summed E-state index contributed by atoms with van der Waals surface area (Å²) in [6, 6.07) is 5.19. The van der Waals surface area contributed by atoms with E-state index >= 15 is 0 Å². The average Bonchev–Trinajstić information content (AvgIpc) is 2.86. The summed E-state index contributed by atoms with van der Waals surface area (Å²) < 4.78 is 16.3. The van der Waals surface area contributed by atoms with E-state index in [9.17, 15) is 14.9 Å². The van der Waals surface area contributed by atoms with E-state index in [4.69, 9.17) is 25.8 Å². The lowest BCUT2D eigenvalue weighted by atomic mass is 9.98. The number of nitrogens with zero attached hydrogens (tertiary/aromatic N) is 1. The number of nitriles is 1. The number of allylic oxidation sites excluding steroid dienone is 1. The molecule has 0 fully saturated rings. The molecule has 1 aliphatic heterocycles. The van der Waals surface area contributed by atoms with Gasteiger partial charge in [-0.15, -0.1) is 0 Å². The Balaban J connectivity index is 2.04. The average molecular weight is 429 g/mol. The molecule has 3 rings (SSSR count). The molecule has 0 aliphatic carbocycles. The summed E-state index contributed by atoms with van der Waals surface area (Å²) in [6.45, 7) is 6.17. The van der Waals surface area contributed by atoms with Gasteiger partial charge in [-0.2, -0.15) is 5.26 Å². The summed E-state index contributed by atoms with van der Waals surface area (Å²) in [6.07, 6.45) is 2.14. The van der Waals surface area contributed by atoms with E-state index in [0.29, 0.717) is 46.7 Å². The number of carbonyl (C=O) groups excluding carboxylic acids is 2. The second kappa shape index (κ2) is 9.06. The first-order valence-corrected chi connectivity index (χ1v) is 9.87. The van der Waals surface area contributed by atoms with Gasteiger partial charge in [-0.25, -0.2) is 4.79 Å². The SMILES string of the molecule is CCOC(=O)c1c(C)[nH]c(C)c1C(=O)/C(C#N)=C/c1cc(Cl)c2c(c1)OCCCO2. The highest BCUT2D eigenvalue weighted by atomic mass is 35.5. The number of aromatic amines is 1. The van der Waals surface area contributed by atoms with Crippen LogP contribution in [0.1, 0.15) is 51.0 Å². The van der Waals surface area contributed by atoms with Crippen LogP contribution in [-0.2, 0) is 4.74 Å². The van der Waals surface area contributed by atoms with Crippen molar-refractivity contribution in [2.75, 3.05) is 19.8 Å². The Morgan fingerprint density at radius 1 is 1.23 bits per heavy atom. The molecule has 156 valence electrons. The first-order chi connectivity index (χ1) is 14.4. The minimum absolute atomic E-state index is 0.124. The van der Waals surface area contributed by atoms with Crippen molar-refractivity contribution < 1.29 is 23.8 Å². The molecule has 0 amide bonds. The van der Waals surface area contributed by atoms with Gasteiger partial charge in [0, 0.05) is 17.8 Å². The van der Waals surface area contributed by atoms with Gasteiger partial charge in [-0.3, -0.25) is 4.79 Å². The van der Waals surface area contributed by atoms with Crippen LogP contribution in [0.25, 0.3) is 6.08 Å². The number of hydrogen-bond donors (Lipinski definition) is 1. The van der Waals surface area contributed by atoms with Crippen molar-refractivity contribution in [2.24, 2.45) is 0 Å². The summed E-state index contributed by atoms with van der Waals surface area (Å²) in [5.74, 6) is -0.293. The zero-order chi connectivity index (χ0) is 21.8. The Kier molecular flexibility index (Phi) is 6.48. The van der Waals surface area contributed by atoms with Crippen LogP contribution in [0.3, 0.4) is 0 Å². The Morgan fingerprint density at radius 2 is 1.93 bits per heavy atom. The molecule has 1 aliphatic rings. The van der Waals surface area contributed by atoms with E-state index in [-0.39, 0.29) is 23.3 Å². The Labute approximate surface area is 179 Å². The number of aromatic nitrogens is 1. The van der Waals surface area contributed by atoms with Gasteiger partial charge in [-0.05, 0) is 44.5 Å². The van der Waals surface area contributed by atoms with Gasteiger partial charge in [0.05, 0.1) is 36.0 Å². The van der Waals surface area contributed by atoms with Crippen LogP contribution in [0.5, 0.6) is 11.5 Å². The fraction of sp³-hybridized carbons (Fsp3) is 0.318.